The van der Waals surface area contributed by atoms with Gasteiger partial charge < -0.3 is 10.1 Å². The van der Waals surface area contributed by atoms with Gasteiger partial charge in [-0.1, -0.05) is 31.4 Å². The molecule has 0 bridgehead atoms. The number of hydrogen-bond acceptors (Lipinski definition) is 2. The molecule has 0 radical (unpaired) electrons. The van der Waals surface area contributed by atoms with Crippen molar-refractivity contribution in [3.05, 3.63) is 28.8 Å². The molecule has 4 heteroatoms. The summed E-state index contributed by atoms with van der Waals surface area (Å²) in [5.74, 6) is 1.35. The van der Waals surface area contributed by atoms with E-state index in [1.807, 2.05) is 12.1 Å². The third-order valence-electron chi connectivity index (χ3n) is 4.43. The minimum atomic E-state index is -0.405. The molecule has 108 valence electrons. The lowest BCUT2D eigenvalue weighted by molar-refractivity contribution is -0.128. The van der Waals surface area contributed by atoms with Gasteiger partial charge in [0.2, 0.25) is 0 Å². The SMILES string of the molecule is C[C@@H]1CCCC[C@@H]1NC(=O)[C@@H]1Cc2cc(Cl)ccc2O1. The van der Waals surface area contributed by atoms with Gasteiger partial charge >= 0.3 is 0 Å². The van der Waals surface area contributed by atoms with Gasteiger partial charge in [0.15, 0.2) is 6.10 Å². The molecule has 20 heavy (non-hydrogen) atoms. The van der Waals surface area contributed by atoms with Crippen LogP contribution in [0, 0.1) is 5.92 Å². The molecule has 1 amide bonds. The van der Waals surface area contributed by atoms with E-state index in [9.17, 15) is 4.79 Å². The monoisotopic (exact) mass is 293 g/mol. The van der Waals surface area contributed by atoms with Crippen molar-refractivity contribution in [2.24, 2.45) is 5.92 Å². The molecule has 0 spiro atoms. The first kappa shape index (κ1) is 13.7. The van der Waals surface area contributed by atoms with E-state index in [1.165, 1.54) is 19.3 Å². The minimum absolute atomic E-state index is 0.0103. The first-order valence-electron chi connectivity index (χ1n) is 7.39. The van der Waals surface area contributed by atoms with Crippen LogP contribution in [0.2, 0.25) is 5.02 Å². The van der Waals surface area contributed by atoms with Crippen molar-refractivity contribution in [1.29, 1.82) is 0 Å². The third kappa shape index (κ3) is 2.78. The van der Waals surface area contributed by atoms with Crippen molar-refractivity contribution in [3.8, 4) is 5.75 Å². The van der Waals surface area contributed by atoms with Gasteiger partial charge in [-0.15, -0.1) is 0 Å². The number of carbonyl (C=O) groups excluding carboxylic acids is 1. The van der Waals surface area contributed by atoms with Gasteiger partial charge in [-0.05, 0) is 42.5 Å². The molecule has 1 aromatic carbocycles. The molecule has 0 saturated heterocycles. The Balaban J connectivity index is 1.62. The lowest BCUT2D eigenvalue weighted by atomic mass is 9.86. The largest absolute Gasteiger partial charge is 0.480 e. The number of hydrogen-bond donors (Lipinski definition) is 1. The molecule has 1 aromatic rings. The molecule has 0 unspecified atom stereocenters. The highest BCUT2D eigenvalue weighted by molar-refractivity contribution is 6.30. The molecule has 1 aliphatic carbocycles. The highest BCUT2D eigenvalue weighted by Gasteiger charge is 2.32. The van der Waals surface area contributed by atoms with Crippen LogP contribution in [0.5, 0.6) is 5.75 Å². The molecule has 3 rings (SSSR count). The first-order chi connectivity index (χ1) is 9.63. The summed E-state index contributed by atoms with van der Waals surface area (Å²) < 4.78 is 5.73. The fourth-order valence-corrected chi connectivity index (χ4v) is 3.36. The standard InChI is InChI=1S/C16H20ClNO2/c1-10-4-2-3-5-13(10)18-16(19)15-9-11-8-12(17)6-7-14(11)20-15/h6-8,10,13,15H,2-5,9H2,1H3,(H,18,19)/t10-,13+,15+/m1/s1. The minimum Gasteiger partial charge on any atom is -0.480 e. The Kier molecular flexibility index (Phi) is 3.88. The van der Waals surface area contributed by atoms with Crippen LogP contribution in [0.3, 0.4) is 0 Å². The van der Waals surface area contributed by atoms with Crippen LogP contribution in [0.1, 0.15) is 38.2 Å². The second kappa shape index (κ2) is 5.65. The summed E-state index contributed by atoms with van der Waals surface area (Å²) in [7, 11) is 0. The van der Waals surface area contributed by atoms with Gasteiger partial charge in [0.05, 0.1) is 0 Å². The number of fused-ring (bicyclic) bond motifs is 1. The Morgan fingerprint density at radius 2 is 2.15 bits per heavy atom. The average Bonchev–Trinajstić information content (AvgIpc) is 2.84. The highest BCUT2D eigenvalue weighted by atomic mass is 35.5. The van der Waals surface area contributed by atoms with E-state index in [0.717, 1.165) is 17.7 Å². The summed E-state index contributed by atoms with van der Waals surface area (Å²) in [5.41, 5.74) is 1.02. The number of ether oxygens (including phenoxy) is 1. The van der Waals surface area contributed by atoms with Gasteiger partial charge in [-0.3, -0.25) is 4.79 Å². The molecule has 1 N–H and O–H groups in total. The van der Waals surface area contributed by atoms with Gasteiger partial charge in [-0.2, -0.15) is 0 Å². The summed E-state index contributed by atoms with van der Waals surface area (Å²) >= 11 is 5.97. The van der Waals surface area contributed by atoms with Crippen LogP contribution in [-0.4, -0.2) is 18.1 Å². The Bertz CT molecular complexity index is 517. The number of benzene rings is 1. The van der Waals surface area contributed by atoms with Crippen LogP contribution in [-0.2, 0) is 11.2 Å². The zero-order valence-corrected chi connectivity index (χ0v) is 12.5. The second-order valence-electron chi connectivity index (χ2n) is 5.94. The Hall–Kier alpha value is -1.22. The molecule has 1 heterocycles. The van der Waals surface area contributed by atoms with E-state index >= 15 is 0 Å². The maximum absolute atomic E-state index is 12.3. The second-order valence-corrected chi connectivity index (χ2v) is 6.38. The first-order valence-corrected chi connectivity index (χ1v) is 7.77. The summed E-state index contributed by atoms with van der Waals surface area (Å²) in [5, 5.41) is 3.85. The van der Waals surface area contributed by atoms with E-state index in [0.29, 0.717) is 23.4 Å². The Labute approximate surface area is 124 Å². The van der Waals surface area contributed by atoms with Crippen molar-refractivity contribution < 1.29 is 9.53 Å². The Morgan fingerprint density at radius 3 is 2.95 bits per heavy atom. The van der Waals surface area contributed by atoms with E-state index in [1.54, 1.807) is 6.07 Å². The molecule has 3 nitrogen and oxygen atoms in total. The van der Waals surface area contributed by atoms with Crippen LogP contribution >= 0.6 is 11.6 Å². The van der Waals surface area contributed by atoms with Crippen molar-refractivity contribution in [2.45, 2.75) is 51.2 Å². The van der Waals surface area contributed by atoms with Gasteiger partial charge in [0, 0.05) is 17.5 Å². The average molecular weight is 294 g/mol. The summed E-state index contributed by atoms with van der Waals surface area (Å²) in [6.07, 6.45) is 4.97. The van der Waals surface area contributed by atoms with E-state index in [-0.39, 0.29) is 5.91 Å². The van der Waals surface area contributed by atoms with Crippen LogP contribution in [0.15, 0.2) is 18.2 Å². The van der Waals surface area contributed by atoms with Crippen molar-refractivity contribution in [3.63, 3.8) is 0 Å². The molecule has 1 fully saturated rings. The summed E-state index contributed by atoms with van der Waals surface area (Å²) in [4.78, 5) is 12.3. The van der Waals surface area contributed by atoms with Crippen molar-refractivity contribution >= 4 is 17.5 Å². The fourth-order valence-electron chi connectivity index (χ4n) is 3.17. The predicted octanol–water partition coefficient (Wildman–Crippen LogP) is 3.34. The van der Waals surface area contributed by atoms with Gasteiger partial charge in [0.1, 0.15) is 5.75 Å². The summed E-state index contributed by atoms with van der Waals surface area (Å²) in [6, 6.07) is 5.82. The molecule has 0 aromatic heterocycles. The van der Waals surface area contributed by atoms with E-state index in [4.69, 9.17) is 16.3 Å². The zero-order chi connectivity index (χ0) is 14.1. The molecular weight excluding hydrogens is 274 g/mol. The van der Waals surface area contributed by atoms with Gasteiger partial charge in [0.25, 0.3) is 5.91 Å². The molecule has 1 saturated carbocycles. The number of carbonyl (C=O) groups is 1. The van der Waals surface area contributed by atoms with Crippen molar-refractivity contribution in [2.75, 3.05) is 0 Å². The zero-order valence-electron chi connectivity index (χ0n) is 11.7. The summed E-state index contributed by atoms with van der Waals surface area (Å²) in [6.45, 7) is 2.22. The van der Waals surface area contributed by atoms with Crippen LogP contribution in [0.25, 0.3) is 0 Å². The molecule has 2 aliphatic rings. The topological polar surface area (TPSA) is 38.3 Å². The van der Waals surface area contributed by atoms with Crippen molar-refractivity contribution in [1.82, 2.24) is 5.32 Å². The lowest BCUT2D eigenvalue weighted by Crippen LogP contribution is -2.46. The number of amides is 1. The third-order valence-corrected chi connectivity index (χ3v) is 4.66. The molecule has 3 atom stereocenters. The quantitative estimate of drug-likeness (QED) is 0.908. The fraction of sp³-hybridized carbons (Fsp3) is 0.562. The predicted molar refractivity (Wildman–Crippen MR) is 79.1 cm³/mol. The molecule has 1 aliphatic heterocycles. The van der Waals surface area contributed by atoms with E-state index < -0.39 is 6.10 Å². The highest BCUT2D eigenvalue weighted by Crippen LogP contribution is 2.31. The normalized spacial score (nSPS) is 28.6. The van der Waals surface area contributed by atoms with Crippen LogP contribution < -0.4 is 10.1 Å². The smallest absolute Gasteiger partial charge is 0.261 e. The lowest BCUT2D eigenvalue weighted by Gasteiger charge is -2.30. The molecular formula is C16H20ClNO2. The number of rotatable bonds is 2. The number of halogens is 1. The van der Waals surface area contributed by atoms with Gasteiger partial charge in [-0.25, -0.2) is 0 Å². The Morgan fingerprint density at radius 1 is 1.35 bits per heavy atom. The maximum Gasteiger partial charge on any atom is 0.261 e. The van der Waals surface area contributed by atoms with E-state index in [2.05, 4.69) is 12.2 Å². The van der Waals surface area contributed by atoms with Crippen LogP contribution in [0.4, 0.5) is 0 Å². The number of nitrogens with one attached hydrogen (secondary N) is 1. The maximum atomic E-state index is 12.3.